The highest BCUT2D eigenvalue weighted by Gasteiger charge is 2.24. The highest BCUT2D eigenvalue weighted by atomic mass is 16.6. The first-order valence-corrected chi connectivity index (χ1v) is 9.87. The fourth-order valence-corrected chi connectivity index (χ4v) is 2.63. The first-order chi connectivity index (χ1) is 10.9. The second-order valence-electron chi connectivity index (χ2n) is 7.66. The van der Waals surface area contributed by atoms with Crippen molar-refractivity contribution in [1.29, 1.82) is 0 Å². The van der Waals surface area contributed by atoms with Gasteiger partial charge in [0, 0.05) is 0 Å². The molecule has 0 amide bonds. The van der Waals surface area contributed by atoms with Crippen LogP contribution in [0.15, 0.2) is 0 Å². The summed E-state index contributed by atoms with van der Waals surface area (Å²) < 4.78 is 5.57. The lowest BCUT2D eigenvalue weighted by atomic mass is 10.0. The van der Waals surface area contributed by atoms with Gasteiger partial charge in [0.2, 0.25) is 0 Å². The van der Waals surface area contributed by atoms with Crippen LogP contribution in [0.25, 0.3) is 0 Å². The molecule has 138 valence electrons. The third kappa shape index (κ3) is 14.7. The van der Waals surface area contributed by atoms with Gasteiger partial charge < -0.3 is 10.1 Å². The molecule has 3 nitrogen and oxygen atoms in total. The average molecular weight is 328 g/mol. The Morgan fingerprint density at radius 1 is 0.870 bits per heavy atom. The Morgan fingerprint density at radius 2 is 1.39 bits per heavy atom. The maximum Gasteiger partial charge on any atom is 0.323 e. The third-order valence-corrected chi connectivity index (χ3v) is 3.96. The Labute approximate surface area is 144 Å². The van der Waals surface area contributed by atoms with Gasteiger partial charge in [-0.1, -0.05) is 71.6 Å². The van der Waals surface area contributed by atoms with Crippen LogP contribution in [0, 0.1) is 0 Å². The van der Waals surface area contributed by atoms with E-state index < -0.39 is 5.60 Å². The summed E-state index contributed by atoms with van der Waals surface area (Å²) in [6.07, 6.45) is 13.3. The van der Waals surface area contributed by atoms with E-state index in [1.807, 2.05) is 20.8 Å². The van der Waals surface area contributed by atoms with Gasteiger partial charge in [0.05, 0.1) is 0 Å². The van der Waals surface area contributed by atoms with E-state index in [1.165, 1.54) is 51.4 Å². The third-order valence-electron chi connectivity index (χ3n) is 3.96. The normalized spacial score (nSPS) is 13.1. The molecule has 0 rings (SSSR count). The van der Waals surface area contributed by atoms with Crippen molar-refractivity contribution in [1.82, 2.24) is 5.32 Å². The first-order valence-electron chi connectivity index (χ1n) is 9.87. The molecule has 0 bridgehead atoms. The standard InChI is InChI=1S/C20H41NO2/c1-6-8-10-12-13-14-16-18(19(22)23-20(3,4)5)21-17-15-11-9-7-2/h18,21H,6-17H2,1-5H3. The predicted molar refractivity (Wildman–Crippen MR) is 99.8 cm³/mol. The monoisotopic (exact) mass is 327 g/mol. The molecule has 0 aromatic rings. The van der Waals surface area contributed by atoms with Crippen molar-refractivity contribution in [2.75, 3.05) is 6.54 Å². The summed E-state index contributed by atoms with van der Waals surface area (Å²) in [4.78, 5) is 12.4. The zero-order valence-corrected chi connectivity index (χ0v) is 16.4. The van der Waals surface area contributed by atoms with Crippen LogP contribution >= 0.6 is 0 Å². The van der Waals surface area contributed by atoms with Gasteiger partial charge in [-0.2, -0.15) is 0 Å². The number of rotatable bonds is 14. The fraction of sp³-hybridized carbons (Fsp3) is 0.950. The van der Waals surface area contributed by atoms with Crippen LogP contribution in [0.3, 0.4) is 0 Å². The number of nitrogens with one attached hydrogen (secondary N) is 1. The van der Waals surface area contributed by atoms with Gasteiger partial charge in [-0.15, -0.1) is 0 Å². The average Bonchev–Trinajstić information content (AvgIpc) is 2.46. The van der Waals surface area contributed by atoms with Crippen molar-refractivity contribution < 1.29 is 9.53 Å². The highest BCUT2D eigenvalue weighted by molar-refractivity contribution is 5.76. The quantitative estimate of drug-likeness (QED) is 0.332. The molecule has 3 heteroatoms. The van der Waals surface area contributed by atoms with Crippen LogP contribution in [-0.2, 0) is 9.53 Å². The Balaban J connectivity index is 4.13. The van der Waals surface area contributed by atoms with Crippen molar-refractivity contribution in [3.05, 3.63) is 0 Å². The summed E-state index contributed by atoms with van der Waals surface area (Å²) in [7, 11) is 0. The number of hydrogen-bond donors (Lipinski definition) is 1. The zero-order chi connectivity index (χ0) is 17.6. The molecular weight excluding hydrogens is 286 g/mol. The summed E-state index contributed by atoms with van der Waals surface area (Å²) in [6.45, 7) is 11.2. The van der Waals surface area contributed by atoms with Crippen LogP contribution in [-0.4, -0.2) is 24.2 Å². The minimum Gasteiger partial charge on any atom is -0.459 e. The lowest BCUT2D eigenvalue weighted by Gasteiger charge is -2.24. The second kappa shape index (κ2) is 13.8. The van der Waals surface area contributed by atoms with Gasteiger partial charge in [0.1, 0.15) is 11.6 Å². The van der Waals surface area contributed by atoms with E-state index >= 15 is 0 Å². The van der Waals surface area contributed by atoms with E-state index in [-0.39, 0.29) is 12.0 Å². The van der Waals surface area contributed by atoms with Gasteiger partial charge >= 0.3 is 5.97 Å². The number of unbranched alkanes of at least 4 members (excludes halogenated alkanes) is 8. The maximum atomic E-state index is 12.4. The molecule has 1 N–H and O–H groups in total. The second-order valence-corrected chi connectivity index (χ2v) is 7.66. The molecule has 0 aromatic carbocycles. The van der Waals surface area contributed by atoms with E-state index in [4.69, 9.17) is 4.74 Å². The van der Waals surface area contributed by atoms with E-state index in [2.05, 4.69) is 19.2 Å². The molecular formula is C20H41NO2. The SMILES string of the molecule is CCCCCCCCC(NCCCCCC)C(=O)OC(C)(C)C. The molecule has 0 saturated carbocycles. The largest absolute Gasteiger partial charge is 0.459 e. The number of esters is 1. The number of ether oxygens (including phenoxy) is 1. The fourth-order valence-electron chi connectivity index (χ4n) is 2.63. The predicted octanol–water partition coefficient (Wildman–Crippen LogP) is 5.62. The number of carbonyl (C=O) groups is 1. The molecule has 0 fully saturated rings. The lowest BCUT2D eigenvalue weighted by molar-refractivity contribution is -0.157. The van der Waals surface area contributed by atoms with Crippen molar-refractivity contribution in [3.63, 3.8) is 0 Å². The number of hydrogen-bond acceptors (Lipinski definition) is 3. The van der Waals surface area contributed by atoms with E-state index in [0.29, 0.717) is 0 Å². The van der Waals surface area contributed by atoms with Crippen molar-refractivity contribution in [3.8, 4) is 0 Å². The van der Waals surface area contributed by atoms with Crippen LogP contribution in [0.5, 0.6) is 0 Å². The summed E-state index contributed by atoms with van der Waals surface area (Å²) in [5.74, 6) is -0.0819. The summed E-state index contributed by atoms with van der Waals surface area (Å²) in [5.41, 5.74) is -0.402. The Bertz CT molecular complexity index is 284. The molecule has 0 heterocycles. The summed E-state index contributed by atoms with van der Waals surface area (Å²) >= 11 is 0. The summed E-state index contributed by atoms with van der Waals surface area (Å²) in [5, 5.41) is 3.43. The molecule has 0 spiro atoms. The molecule has 0 saturated heterocycles. The summed E-state index contributed by atoms with van der Waals surface area (Å²) in [6, 6.07) is -0.137. The molecule has 23 heavy (non-hydrogen) atoms. The van der Waals surface area contributed by atoms with Gasteiger partial charge in [-0.25, -0.2) is 0 Å². The van der Waals surface area contributed by atoms with Crippen LogP contribution in [0.1, 0.15) is 105 Å². The maximum absolute atomic E-state index is 12.4. The topological polar surface area (TPSA) is 38.3 Å². The van der Waals surface area contributed by atoms with Crippen molar-refractivity contribution in [2.24, 2.45) is 0 Å². The minimum absolute atomic E-state index is 0.0819. The molecule has 1 unspecified atom stereocenters. The first kappa shape index (κ1) is 22.4. The van der Waals surface area contributed by atoms with E-state index in [1.54, 1.807) is 0 Å². The highest BCUT2D eigenvalue weighted by Crippen LogP contribution is 2.13. The van der Waals surface area contributed by atoms with Crippen molar-refractivity contribution >= 4 is 5.97 Å². The Hall–Kier alpha value is -0.570. The van der Waals surface area contributed by atoms with Gasteiger partial charge in [0.15, 0.2) is 0 Å². The van der Waals surface area contributed by atoms with Crippen molar-refractivity contribution in [2.45, 2.75) is 117 Å². The Kier molecular flexibility index (Phi) is 13.5. The minimum atomic E-state index is -0.402. The van der Waals surface area contributed by atoms with E-state index in [9.17, 15) is 4.79 Å². The van der Waals surface area contributed by atoms with Crippen LogP contribution < -0.4 is 5.32 Å². The lowest BCUT2D eigenvalue weighted by Crippen LogP contribution is -2.41. The van der Waals surface area contributed by atoms with Crippen LogP contribution in [0.2, 0.25) is 0 Å². The number of carbonyl (C=O) groups excluding carboxylic acids is 1. The zero-order valence-electron chi connectivity index (χ0n) is 16.4. The smallest absolute Gasteiger partial charge is 0.323 e. The Morgan fingerprint density at radius 3 is 1.96 bits per heavy atom. The molecule has 0 aliphatic carbocycles. The van der Waals surface area contributed by atoms with Gasteiger partial charge in [-0.3, -0.25) is 4.79 Å². The molecule has 0 aliphatic heterocycles. The molecule has 0 aromatic heterocycles. The molecule has 1 atom stereocenters. The van der Waals surface area contributed by atoms with Gasteiger partial charge in [-0.05, 0) is 40.2 Å². The van der Waals surface area contributed by atoms with E-state index in [0.717, 1.165) is 25.8 Å². The molecule has 0 aliphatic rings. The van der Waals surface area contributed by atoms with Crippen LogP contribution in [0.4, 0.5) is 0 Å². The van der Waals surface area contributed by atoms with Gasteiger partial charge in [0.25, 0.3) is 0 Å². The molecule has 0 radical (unpaired) electrons.